The van der Waals surface area contributed by atoms with Gasteiger partial charge in [0.1, 0.15) is 5.75 Å². The van der Waals surface area contributed by atoms with Crippen LogP contribution in [0.2, 0.25) is 0 Å². The molecule has 0 unspecified atom stereocenters. The van der Waals surface area contributed by atoms with Gasteiger partial charge in [-0.15, -0.1) is 0 Å². The molecule has 0 aliphatic carbocycles. The smallest absolute Gasteiger partial charge is 0.124 e. The number of hydrogen-bond donors (Lipinski definition) is 1. The third-order valence-electron chi connectivity index (χ3n) is 5.78. The van der Waals surface area contributed by atoms with Crippen LogP contribution in [0.3, 0.4) is 0 Å². The van der Waals surface area contributed by atoms with Crippen molar-refractivity contribution in [3.8, 4) is 17.0 Å². The van der Waals surface area contributed by atoms with Crippen LogP contribution in [-0.4, -0.2) is 39.5 Å². The second-order valence-electron chi connectivity index (χ2n) is 7.99. The predicted octanol–water partition coefficient (Wildman–Crippen LogP) is 3.97. The van der Waals surface area contributed by atoms with E-state index >= 15 is 0 Å². The van der Waals surface area contributed by atoms with Crippen molar-refractivity contribution < 1.29 is 9.84 Å². The Bertz CT molecular complexity index is 982. The van der Waals surface area contributed by atoms with Crippen LogP contribution in [0.4, 0.5) is 0 Å². The van der Waals surface area contributed by atoms with Crippen molar-refractivity contribution in [2.45, 2.75) is 39.3 Å². The first kappa shape index (κ1) is 20.6. The van der Waals surface area contributed by atoms with Gasteiger partial charge >= 0.3 is 0 Å². The fourth-order valence-corrected chi connectivity index (χ4v) is 4.31. The largest absolute Gasteiger partial charge is 0.493 e. The Balaban J connectivity index is 1.48. The van der Waals surface area contributed by atoms with Crippen LogP contribution in [0.5, 0.6) is 5.75 Å². The first-order valence-electron chi connectivity index (χ1n) is 10.9. The van der Waals surface area contributed by atoms with E-state index in [1.54, 1.807) is 0 Å². The summed E-state index contributed by atoms with van der Waals surface area (Å²) in [4.78, 5) is 2.49. The number of benzene rings is 2. The molecule has 0 spiro atoms. The van der Waals surface area contributed by atoms with Gasteiger partial charge in [-0.05, 0) is 30.5 Å². The maximum atomic E-state index is 9.74. The minimum atomic E-state index is 0.00332. The Morgan fingerprint density at radius 1 is 1.07 bits per heavy atom. The quantitative estimate of drug-likeness (QED) is 0.646. The zero-order valence-electron chi connectivity index (χ0n) is 18.0. The van der Waals surface area contributed by atoms with Gasteiger partial charge in [-0.3, -0.25) is 9.58 Å². The highest BCUT2D eigenvalue weighted by Gasteiger charge is 2.22. The highest BCUT2D eigenvalue weighted by atomic mass is 16.5. The molecule has 1 N–H and O–H groups in total. The van der Waals surface area contributed by atoms with Gasteiger partial charge in [0.05, 0.1) is 24.6 Å². The van der Waals surface area contributed by atoms with E-state index in [-0.39, 0.29) is 6.61 Å². The summed E-state index contributed by atoms with van der Waals surface area (Å²) in [5, 5.41) is 14.6. The first-order valence-corrected chi connectivity index (χ1v) is 10.9. The highest BCUT2D eigenvalue weighted by molar-refractivity contribution is 5.65. The van der Waals surface area contributed by atoms with Gasteiger partial charge in [0.2, 0.25) is 0 Å². The number of aryl methyl sites for hydroxylation is 1. The normalized spacial score (nSPS) is 14.4. The molecule has 4 rings (SSSR count). The van der Waals surface area contributed by atoms with E-state index in [1.165, 1.54) is 28.1 Å². The Hall–Kier alpha value is -2.63. The average Bonchev–Trinajstić information content (AvgIpc) is 2.97. The molecule has 0 saturated carbocycles. The zero-order chi connectivity index (χ0) is 20.9. The molecule has 1 aliphatic heterocycles. The Morgan fingerprint density at radius 2 is 1.87 bits per heavy atom. The Labute approximate surface area is 178 Å². The van der Waals surface area contributed by atoms with Crippen LogP contribution in [0.1, 0.15) is 35.7 Å². The van der Waals surface area contributed by atoms with E-state index in [2.05, 4.69) is 54.3 Å². The summed E-state index contributed by atoms with van der Waals surface area (Å²) < 4.78 is 7.80. The summed E-state index contributed by atoms with van der Waals surface area (Å²) in [6.45, 7) is 5.62. The van der Waals surface area contributed by atoms with Gasteiger partial charge in [0.15, 0.2) is 0 Å². The molecule has 5 nitrogen and oxygen atoms in total. The molecular formula is C25H31N3O2. The van der Waals surface area contributed by atoms with E-state index in [4.69, 9.17) is 9.84 Å². The van der Waals surface area contributed by atoms with Crippen molar-refractivity contribution in [3.05, 3.63) is 70.9 Å². The Kier molecular flexibility index (Phi) is 6.50. The summed E-state index contributed by atoms with van der Waals surface area (Å²) in [7, 11) is 2.05. The maximum Gasteiger partial charge on any atom is 0.124 e. The van der Waals surface area contributed by atoms with E-state index in [0.29, 0.717) is 6.61 Å². The highest BCUT2D eigenvalue weighted by Crippen LogP contribution is 2.29. The van der Waals surface area contributed by atoms with Crippen molar-refractivity contribution in [2.24, 2.45) is 7.05 Å². The van der Waals surface area contributed by atoms with Gasteiger partial charge in [0, 0.05) is 49.8 Å². The van der Waals surface area contributed by atoms with Gasteiger partial charge in [-0.1, -0.05) is 43.3 Å². The third kappa shape index (κ3) is 4.42. The second kappa shape index (κ2) is 9.45. The molecule has 0 atom stereocenters. The number of hydrogen-bond acceptors (Lipinski definition) is 4. The van der Waals surface area contributed by atoms with Gasteiger partial charge in [-0.25, -0.2) is 0 Å². The number of fused-ring (bicyclic) bond motifs is 1. The first-order chi connectivity index (χ1) is 14.7. The minimum absolute atomic E-state index is 0.00332. The number of rotatable bonds is 7. The molecule has 0 amide bonds. The van der Waals surface area contributed by atoms with E-state index in [9.17, 15) is 5.11 Å². The lowest BCUT2D eigenvalue weighted by atomic mass is 10.0. The molecule has 0 radical (unpaired) electrons. The monoisotopic (exact) mass is 405 g/mol. The van der Waals surface area contributed by atoms with Crippen LogP contribution >= 0.6 is 0 Å². The standard InChI is InChI=1S/C25H31N3O2/c1-3-15-30-24-10-9-19(16-21(24)18-29)17-28-13-11-22-23(12-14-28)26-27(2)25(22)20-7-5-4-6-8-20/h4-10,16,29H,3,11-15,17-18H2,1-2H3. The number of aliphatic hydroxyl groups excluding tert-OH is 1. The van der Waals surface area contributed by atoms with Crippen molar-refractivity contribution in [1.82, 2.24) is 14.7 Å². The maximum absolute atomic E-state index is 9.74. The molecule has 1 aromatic heterocycles. The van der Waals surface area contributed by atoms with Crippen molar-refractivity contribution >= 4 is 0 Å². The molecule has 2 heterocycles. The van der Waals surface area contributed by atoms with Gasteiger partial charge in [0.25, 0.3) is 0 Å². The fraction of sp³-hybridized carbons (Fsp3) is 0.400. The van der Waals surface area contributed by atoms with E-state index in [0.717, 1.165) is 50.2 Å². The average molecular weight is 406 g/mol. The molecule has 5 heteroatoms. The molecule has 1 aliphatic rings. The molecule has 2 aromatic carbocycles. The molecular weight excluding hydrogens is 374 g/mol. The number of aromatic nitrogens is 2. The van der Waals surface area contributed by atoms with Crippen LogP contribution in [0, 0.1) is 0 Å². The van der Waals surface area contributed by atoms with Crippen LogP contribution < -0.4 is 4.74 Å². The molecule has 30 heavy (non-hydrogen) atoms. The van der Waals surface area contributed by atoms with Gasteiger partial charge in [-0.2, -0.15) is 5.10 Å². The summed E-state index contributed by atoms with van der Waals surface area (Å²) in [5.41, 5.74) is 7.16. The molecule has 158 valence electrons. The lowest BCUT2D eigenvalue weighted by Crippen LogP contribution is -2.26. The fourth-order valence-electron chi connectivity index (χ4n) is 4.31. The summed E-state index contributed by atoms with van der Waals surface area (Å²) in [6, 6.07) is 16.8. The van der Waals surface area contributed by atoms with E-state index in [1.807, 2.05) is 17.8 Å². The molecule has 0 fully saturated rings. The third-order valence-corrected chi connectivity index (χ3v) is 5.78. The summed E-state index contributed by atoms with van der Waals surface area (Å²) >= 11 is 0. The predicted molar refractivity (Wildman–Crippen MR) is 119 cm³/mol. The number of nitrogens with zero attached hydrogens (tertiary/aromatic N) is 3. The number of ether oxygens (including phenoxy) is 1. The lowest BCUT2D eigenvalue weighted by molar-refractivity contribution is 0.260. The second-order valence-corrected chi connectivity index (χ2v) is 7.99. The Morgan fingerprint density at radius 3 is 2.63 bits per heavy atom. The molecule has 3 aromatic rings. The zero-order valence-corrected chi connectivity index (χ0v) is 18.0. The molecule has 0 bridgehead atoms. The van der Waals surface area contributed by atoms with Crippen LogP contribution in [-0.2, 0) is 33.0 Å². The van der Waals surface area contributed by atoms with Crippen LogP contribution in [0.25, 0.3) is 11.3 Å². The molecule has 0 saturated heterocycles. The van der Waals surface area contributed by atoms with Crippen molar-refractivity contribution in [1.29, 1.82) is 0 Å². The minimum Gasteiger partial charge on any atom is -0.493 e. The number of aliphatic hydroxyl groups is 1. The lowest BCUT2D eigenvalue weighted by Gasteiger charge is -2.21. The van der Waals surface area contributed by atoms with Crippen molar-refractivity contribution in [2.75, 3.05) is 19.7 Å². The van der Waals surface area contributed by atoms with E-state index < -0.39 is 0 Å². The van der Waals surface area contributed by atoms with Crippen LogP contribution in [0.15, 0.2) is 48.5 Å². The summed E-state index contributed by atoms with van der Waals surface area (Å²) in [5.74, 6) is 0.795. The topological polar surface area (TPSA) is 50.5 Å². The summed E-state index contributed by atoms with van der Waals surface area (Å²) in [6.07, 6.45) is 2.92. The van der Waals surface area contributed by atoms with Gasteiger partial charge < -0.3 is 9.84 Å². The van der Waals surface area contributed by atoms with Crippen molar-refractivity contribution in [3.63, 3.8) is 0 Å². The SMILES string of the molecule is CCCOc1ccc(CN2CCc3nn(C)c(-c4ccccc4)c3CC2)cc1CO.